The van der Waals surface area contributed by atoms with E-state index in [4.69, 9.17) is 0 Å². The largest absolute Gasteiger partial charge is 0.392 e. The molecule has 0 aliphatic heterocycles. The van der Waals surface area contributed by atoms with Crippen LogP contribution in [-0.2, 0) is 11.2 Å². The Morgan fingerprint density at radius 1 is 1.35 bits per heavy atom. The van der Waals surface area contributed by atoms with E-state index in [1.807, 2.05) is 25.1 Å². The molecule has 1 unspecified atom stereocenters. The summed E-state index contributed by atoms with van der Waals surface area (Å²) in [6, 6.07) is 6.06. The van der Waals surface area contributed by atoms with Gasteiger partial charge in [0, 0.05) is 13.6 Å². The molecule has 3 nitrogen and oxygen atoms in total. The van der Waals surface area contributed by atoms with E-state index in [9.17, 15) is 9.90 Å². The van der Waals surface area contributed by atoms with Crippen molar-refractivity contribution < 1.29 is 9.90 Å². The standard InChI is InChI=1S/C14H21NO2/c1-10-5-6-13(7-11(10)2)8-14(17)15(4)9-12(3)16/h5-7,12,16H,8-9H2,1-4H3. The summed E-state index contributed by atoms with van der Waals surface area (Å²) in [4.78, 5) is 13.4. The minimum absolute atomic E-state index is 0.0363. The predicted molar refractivity (Wildman–Crippen MR) is 68.9 cm³/mol. The third-order valence-electron chi connectivity index (χ3n) is 2.89. The van der Waals surface area contributed by atoms with Crippen LogP contribution in [0, 0.1) is 13.8 Å². The minimum Gasteiger partial charge on any atom is -0.392 e. The summed E-state index contributed by atoms with van der Waals surface area (Å²) in [5.41, 5.74) is 3.46. The number of nitrogens with zero attached hydrogens (tertiary/aromatic N) is 1. The molecule has 94 valence electrons. The fourth-order valence-electron chi connectivity index (χ4n) is 1.72. The van der Waals surface area contributed by atoms with Gasteiger partial charge >= 0.3 is 0 Å². The Morgan fingerprint density at radius 3 is 2.53 bits per heavy atom. The number of aliphatic hydroxyl groups excluding tert-OH is 1. The molecular weight excluding hydrogens is 214 g/mol. The zero-order valence-electron chi connectivity index (χ0n) is 11.0. The summed E-state index contributed by atoms with van der Waals surface area (Å²) < 4.78 is 0. The fourth-order valence-corrected chi connectivity index (χ4v) is 1.72. The lowest BCUT2D eigenvalue weighted by atomic mass is 10.0. The van der Waals surface area contributed by atoms with Crippen LogP contribution in [0.1, 0.15) is 23.6 Å². The van der Waals surface area contributed by atoms with Crippen LogP contribution in [0.25, 0.3) is 0 Å². The average molecular weight is 235 g/mol. The van der Waals surface area contributed by atoms with E-state index >= 15 is 0 Å². The third kappa shape index (κ3) is 4.19. The molecule has 0 aromatic heterocycles. The molecule has 3 heteroatoms. The van der Waals surface area contributed by atoms with E-state index in [0.717, 1.165) is 5.56 Å². The van der Waals surface area contributed by atoms with Crippen molar-refractivity contribution in [1.29, 1.82) is 0 Å². The average Bonchev–Trinajstić information content (AvgIpc) is 2.22. The van der Waals surface area contributed by atoms with Gasteiger partial charge in [0.25, 0.3) is 0 Å². The Bertz CT molecular complexity index is 399. The summed E-state index contributed by atoms with van der Waals surface area (Å²) in [6.45, 7) is 6.16. The molecule has 0 saturated heterocycles. The van der Waals surface area contributed by atoms with Gasteiger partial charge < -0.3 is 10.0 Å². The Kier molecular flexibility index (Phi) is 4.70. The van der Waals surface area contributed by atoms with Crippen LogP contribution in [-0.4, -0.2) is 35.6 Å². The molecule has 1 rings (SSSR count). The van der Waals surface area contributed by atoms with Crippen LogP contribution in [0.3, 0.4) is 0 Å². The highest BCUT2D eigenvalue weighted by atomic mass is 16.3. The van der Waals surface area contributed by atoms with Crippen LogP contribution >= 0.6 is 0 Å². The van der Waals surface area contributed by atoms with Crippen LogP contribution in [0.15, 0.2) is 18.2 Å². The lowest BCUT2D eigenvalue weighted by Crippen LogP contribution is -2.34. The van der Waals surface area contributed by atoms with E-state index in [2.05, 4.69) is 6.92 Å². The van der Waals surface area contributed by atoms with Gasteiger partial charge in [-0.15, -0.1) is 0 Å². The SMILES string of the molecule is Cc1ccc(CC(=O)N(C)CC(C)O)cc1C. The Morgan fingerprint density at radius 2 is 2.00 bits per heavy atom. The molecule has 0 saturated carbocycles. The van der Waals surface area contributed by atoms with Gasteiger partial charge in [0.05, 0.1) is 12.5 Å². The van der Waals surface area contributed by atoms with Gasteiger partial charge in [-0.1, -0.05) is 18.2 Å². The van der Waals surface area contributed by atoms with Gasteiger partial charge in [0.1, 0.15) is 0 Å². The van der Waals surface area contributed by atoms with Gasteiger partial charge in [-0.3, -0.25) is 4.79 Å². The van der Waals surface area contributed by atoms with Crippen molar-refractivity contribution in [3.8, 4) is 0 Å². The van der Waals surface area contributed by atoms with Crippen molar-refractivity contribution >= 4 is 5.91 Å². The number of aliphatic hydroxyl groups is 1. The molecule has 0 bridgehead atoms. The molecule has 0 heterocycles. The molecule has 1 aromatic rings. The van der Waals surface area contributed by atoms with Gasteiger partial charge in [0.15, 0.2) is 0 Å². The summed E-state index contributed by atoms with van der Waals surface area (Å²) in [5.74, 6) is 0.0363. The third-order valence-corrected chi connectivity index (χ3v) is 2.89. The Balaban J connectivity index is 2.64. The highest BCUT2D eigenvalue weighted by Crippen LogP contribution is 2.11. The summed E-state index contributed by atoms with van der Waals surface area (Å²) in [7, 11) is 1.72. The highest BCUT2D eigenvalue weighted by molar-refractivity contribution is 5.78. The second kappa shape index (κ2) is 5.82. The molecule has 0 spiro atoms. The first-order valence-electron chi connectivity index (χ1n) is 5.88. The van der Waals surface area contributed by atoms with Crippen LogP contribution in [0.4, 0.5) is 0 Å². The molecule has 0 fully saturated rings. The van der Waals surface area contributed by atoms with Gasteiger partial charge in [-0.2, -0.15) is 0 Å². The van der Waals surface area contributed by atoms with Crippen molar-refractivity contribution in [3.05, 3.63) is 34.9 Å². The number of hydrogen-bond acceptors (Lipinski definition) is 2. The van der Waals surface area contributed by atoms with Gasteiger partial charge in [0.2, 0.25) is 5.91 Å². The van der Waals surface area contributed by atoms with Crippen molar-refractivity contribution in [2.45, 2.75) is 33.3 Å². The normalized spacial score (nSPS) is 12.3. The number of amides is 1. The first-order valence-corrected chi connectivity index (χ1v) is 5.88. The van der Waals surface area contributed by atoms with E-state index < -0.39 is 6.10 Å². The number of carbonyl (C=O) groups is 1. The molecule has 0 aliphatic carbocycles. The monoisotopic (exact) mass is 235 g/mol. The first kappa shape index (κ1) is 13.7. The molecule has 0 aliphatic rings. The van der Waals surface area contributed by atoms with E-state index in [-0.39, 0.29) is 5.91 Å². The molecule has 1 atom stereocenters. The number of benzene rings is 1. The number of hydrogen-bond donors (Lipinski definition) is 1. The van der Waals surface area contributed by atoms with E-state index in [1.54, 1.807) is 18.9 Å². The summed E-state index contributed by atoms with van der Waals surface area (Å²) in [5, 5.41) is 9.22. The molecule has 1 N–H and O–H groups in total. The van der Waals surface area contributed by atoms with Crippen LogP contribution in [0.2, 0.25) is 0 Å². The van der Waals surface area contributed by atoms with E-state index in [0.29, 0.717) is 13.0 Å². The predicted octanol–water partition coefficient (Wildman–Crippen LogP) is 1.69. The van der Waals surface area contributed by atoms with Gasteiger partial charge in [-0.05, 0) is 37.5 Å². The Hall–Kier alpha value is -1.35. The zero-order chi connectivity index (χ0) is 13.0. The number of likely N-dealkylation sites (N-methyl/N-ethyl adjacent to an activating group) is 1. The maximum absolute atomic E-state index is 11.9. The van der Waals surface area contributed by atoms with Crippen molar-refractivity contribution in [3.63, 3.8) is 0 Å². The zero-order valence-corrected chi connectivity index (χ0v) is 11.0. The smallest absolute Gasteiger partial charge is 0.226 e. The lowest BCUT2D eigenvalue weighted by Gasteiger charge is -2.19. The second-order valence-electron chi connectivity index (χ2n) is 4.72. The minimum atomic E-state index is -0.483. The number of aryl methyl sites for hydroxylation is 2. The van der Waals surface area contributed by atoms with Crippen molar-refractivity contribution in [2.24, 2.45) is 0 Å². The van der Waals surface area contributed by atoms with Crippen molar-refractivity contribution in [2.75, 3.05) is 13.6 Å². The maximum Gasteiger partial charge on any atom is 0.226 e. The van der Waals surface area contributed by atoms with Crippen molar-refractivity contribution in [1.82, 2.24) is 4.90 Å². The molecule has 0 radical (unpaired) electrons. The number of rotatable bonds is 4. The van der Waals surface area contributed by atoms with Gasteiger partial charge in [-0.25, -0.2) is 0 Å². The molecule has 17 heavy (non-hydrogen) atoms. The Labute approximate surface area is 103 Å². The second-order valence-corrected chi connectivity index (χ2v) is 4.72. The summed E-state index contributed by atoms with van der Waals surface area (Å²) in [6.07, 6.45) is -0.0895. The number of carbonyl (C=O) groups excluding carboxylic acids is 1. The molecule has 1 aromatic carbocycles. The quantitative estimate of drug-likeness (QED) is 0.862. The summed E-state index contributed by atoms with van der Waals surface area (Å²) >= 11 is 0. The van der Waals surface area contributed by atoms with Crippen LogP contribution in [0.5, 0.6) is 0 Å². The van der Waals surface area contributed by atoms with E-state index in [1.165, 1.54) is 11.1 Å². The molecular formula is C14H21NO2. The first-order chi connectivity index (χ1) is 7.90. The molecule has 1 amide bonds. The van der Waals surface area contributed by atoms with Crippen LogP contribution < -0.4 is 0 Å². The lowest BCUT2D eigenvalue weighted by molar-refractivity contribution is -0.130. The highest BCUT2D eigenvalue weighted by Gasteiger charge is 2.11. The topological polar surface area (TPSA) is 40.5 Å². The fraction of sp³-hybridized carbons (Fsp3) is 0.500. The maximum atomic E-state index is 11.9.